The van der Waals surface area contributed by atoms with Crippen LogP contribution in [-0.2, 0) is 0 Å². The number of halogens is 2. The summed E-state index contributed by atoms with van der Waals surface area (Å²) in [4.78, 5) is 2.50. The van der Waals surface area contributed by atoms with E-state index in [1.165, 1.54) is 38.2 Å². The largest absolute Gasteiger partial charge is 0.329 e. The highest BCUT2D eigenvalue weighted by Gasteiger charge is 2.28. The lowest BCUT2D eigenvalue weighted by Crippen LogP contribution is -2.44. The maximum atomic E-state index is 13.3. The molecule has 1 heterocycles. The Labute approximate surface area is 126 Å². The molecular weight excluding hydrogens is 275 g/mol. The fourth-order valence-corrected chi connectivity index (χ4v) is 3.45. The molecule has 0 radical (unpaired) electrons. The van der Waals surface area contributed by atoms with Crippen LogP contribution in [0, 0.1) is 5.82 Å². The van der Waals surface area contributed by atoms with Crippen LogP contribution in [0.2, 0.25) is 5.02 Å². The summed E-state index contributed by atoms with van der Waals surface area (Å²) in [6.07, 6.45) is 6.13. The molecule has 0 aromatic heterocycles. The molecule has 2 rings (SSSR count). The number of benzene rings is 1. The van der Waals surface area contributed by atoms with Crippen LogP contribution in [0.5, 0.6) is 0 Å². The summed E-state index contributed by atoms with van der Waals surface area (Å²) in [6, 6.07) is 5.72. The minimum Gasteiger partial charge on any atom is -0.329 e. The van der Waals surface area contributed by atoms with Gasteiger partial charge in [-0.05, 0) is 43.5 Å². The van der Waals surface area contributed by atoms with E-state index in [9.17, 15) is 4.39 Å². The Hall–Kier alpha value is -0.640. The van der Waals surface area contributed by atoms with Crippen molar-refractivity contribution < 1.29 is 4.39 Å². The molecule has 0 bridgehead atoms. The maximum Gasteiger partial charge on any atom is 0.141 e. The van der Waals surface area contributed by atoms with Crippen LogP contribution in [0.15, 0.2) is 18.2 Å². The Morgan fingerprint density at radius 2 is 2.25 bits per heavy atom. The van der Waals surface area contributed by atoms with Crippen LogP contribution in [0.1, 0.15) is 50.6 Å². The lowest BCUT2D eigenvalue weighted by Gasteiger charge is -2.41. The van der Waals surface area contributed by atoms with Gasteiger partial charge in [-0.15, -0.1) is 0 Å². The number of nitrogens with two attached hydrogens (primary N) is 1. The van der Waals surface area contributed by atoms with E-state index in [0.29, 0.717) is 12.6 Å². The van der Waals surface area contributed by atoms with Crippen LogP contribution >= 0.6 is 11.6 Å². The van der Waals surface area contributed by atoms with Crippen molar-refractivity contribution in [1.29, 1.82) is 0 Å². The third kappa shape index (κ3) is 3.51. The van der Waals surface area contributed by atoms with E-state index in [0.717, 1.165) is 12.1 Å². The van der Waals surface area contributed by atoms with Gasteiger partial charge in [0.1, 0.15) is 5.82 Å². The zero-order chi connectivity index (χ0) is 14.5. The Balaban J connectivity index is 2.22. The SMILES string of the molecule is CCCC1CCCCN1C(CN)c1ccc(F)c(Cl)c1. The van der Waals surface area contributed by atoms with Crippen LogP contribution in [-0.4, -0.2) is 24.0 Å². The van der Waals surface area contributed by atoms with E-state index in [2.05, 4.69) is 11.8 Å². The van der Waals surface area contributed by atoms with E-state index in [1.807, 2.05) is 6.07 Å². The molecule has 0 saturated carbocycles. The van der Waals surface area contributed by atoms with Crippen molar-refractivity contribution in [3.63, 3.8) is 0 Å². The minimum absolute atomic E-state index is 0.143. The van der Waals surface area contributed by atoms with Crippen molar-refractivity contribution >= 4 is 11.6 Å². The Morgan fingerprint density at radius 3 is 2.90 bits per heavy atom. The summed E-state index contributed by atoms with van der Waals surface area (Å²) >= 11 is 5.92. The Morgan fingerprint density at radius 1 is 1.45 bits per heavy atom. The molecule has 2 nitrogen and oxygen atoms in total. The summed E-state index contributed by atoms with van der Waals surface area (Å²) in [7, 11) is 0. The quantitative estimate of drug-likeness (QED) is 0.885. The van der Waals surface area contributed by atoms with Gasteiger partial charge in [0.05, 0.1) is 5.02 Å². The molecule has 2 N–H and O–H groups in total. The molecule has 4 heteroatoms. The zero-order valence-corrected chi connectivity index (χ0v) is 12.9. The zero-order valence-electron chi connectivity index (χ0n) is 12.1. The second-order valence-electron chi connectivity index (χ2n) is 5.60. The van der Waals surface area contributed by atoms with Crippen molar-refractivity contribution in [2.45, 2.75) is 51.1 Å². The molecular formula is C16H24ClFN2. The summed E-state index contributed by atoms with van der Waals surface area (Å²) in [5.41, 5.74) is 7.03. The van der Waals surface area contributed by atoms with Gasteiger partial charge >= 0.3 is 0 Å². The first-order chi connectivity index (χ1) is 9.67. The third-order valence-corrected chi connectivity index (χ3v) is 4.54. The average Bonchev–Trinajstić information content (AvgIpc) is 2.45. The average molecular weight is 299 g/mol. The van der Waals surface area contributed by atoms with Crippen molar-refractivity contribution in [1.82, 2.24) is 4.90 Å². The molecule has 0 amide bonds. The number of rotatable bonds is 5. The molecule has 112 valence electrons. The van der Waals surface area contributed by atoms with Gasteiger partial charge in [0.25, 0.3) is 0 Å². The maximum absolute atomic E-state index is 13.3. The summed E-state index contributed by atoms with van der Waals surface area (Å²) in [5, 5.41) is 0.185. The third-order valence-electron chi connectivity index (χ3n) is 4.25. The molecule has 1 aromatic rings. The second kappa shape index (κ2) is 7.39. The number of nitrogens with zero attached hydrogens (tertiary/aromatic N) is 1. The summed E-state index contributed by atoms with van der Waals surface area (Å²) in [5.74, 6) is -0.366. The van der Waals surface area contributed by atoms with Gasteiger partial charge in [-0.3, -0.25) is 4.90 Å². The molecule has 20 heavy (non-hydrogen) atoms. The molecule has 1 aliphatic rings. The van der Waals surface area contributed by atoms with Crippen LogP contribution < -0.4 is 5.73 Å². The smallest absolute Gasteiger partial charge is 0.141 e. The highest BCUT2D eigenvalue weighted by atomic mass is 35.5. The Kier molecular flexibility index (Phi) is 5.82. The van der Waals surface area contributed by atoms with Gasteiger partial charge in [-0.1, -0.05) is 37.4 Å². The number of likely N-dealkylation sites (tertiary alicyclic amines) is 1. The molecule has 2 unspecified atom stereocenters. The van der Waals surface area contributed by atoms with Crippen LogP contribution in [0.3, 0.4) is 0 Å². The summed E-state index contributed by atoms with van der Waals surface area (Å²) < 4.78 is 13.3. The monoisotopic (exact) mass is 298 g/mol. The molecule has 1 aliphatic heterocycles. The van der Waals surface area contributed by atoms with Crippen LogP contribution in [0.25, 0.3) is 0 Å². The minimum atomic E-state index is -0.366. The van der Waals surface area contributed by atoms with Gasteiger partial charge in [0.2, 0.25) is 0 Å². The van der Waals surface area contributed by atoms with Gasteiger partial charge in [0, 0.05) is 18.6 Å². The van der Waals surface area contributed by atoms with E-state index >= 15 is 0 Å². The highest BCUT2D eigenvalue weighted by Crippen LogP contribution is 2.31. The van der Waals surface area contributed by atoms with Gasteiger partial charge in [0.15, 0.2) is 0 Å². The van der Waals surface area contributed by atoms with E-state index in [1.54, 1.807) is 6.07 Å². The van der Waals surface area contributed by atoms with Crippen molar-refractivity contribution in [3.05, 3.63) is 34.6 Å². The number of hydrogen-bond donors (Lipinski definition) is 1. The second-order valence-corrected chi connectivity index (χ2v) is 6.01. The molecule has 1 saturated heterocycles. The Bertz CT molecular complexity index is 436. The lowest BCUT2D eigenvalue weighted by molar-refractivity contribution is 0.0912. The van der Waals surface area contributed by atoms with Crippen molar-refractivity contribution in [3.8, 4) is 0 Å². The first-order valence-electron chi connectivity index (χ1n) is 7.58. The molecule has 1 aromatic carbocycles. The molecule has 0 spiro atoms. The summed E-state index contributed by atoms with van der Waals surface area (Å²) in [6.45, 7) is 3.84. The van der Waals surface area contributed by atoms with Crippen molar-refractivity contribution in [2.24, 2.45) is 5.73 Å². The first kappa shape index (κ1) is 15.7. The van der Waals surface area contributed by atoms with E-state index < -0.39 is 0 Å². The normalized spacial score (nSPS) is 21.9. The van der Waals surface area contributed by atoms with E-state index in [4.69, 9.17) is 17.3 Å². The van der Waals surface area contributed by atoms with Gasteiger partial charge < -0.3 is 5.73 Å². The fraction of sp³-hybridized carbons (Fsp3) is 0.625. The van der Waals surface area contributed by atoms with Crippen molar-refractivity contribution in [2.75, 3.05) is 13.1 Å². The predicted molar refractivity (Wildman–Crippen MR) is 82.5 cm³/mol. The topological polar surface area (TPSA) is 29.3 Å². The van der Waals surface area contributed by atoms with Gasteiger partial charge in [-0.25, -0.2) is 4.39 Å². The molecule has 0 aliphatic carbocycles. The lowest BCUT2D eigenvalue weighted by atomic mass is 9.93. The number of piperidine rings is 1. The molecule has 2 atom stereocenters. The molecule has 1 fully saturated rings. The standard InChI is InChI=1S/C16H24ClFN2/c1-2-5-13-6-3-4-9-20(13)16(11-19)12-7-8-15(18)14(17)10-12/h7-8,10,13,16H,2-6,9,11,19H2,1H3. The highest BCUT2D eigenvalue weighted by molar-refractivity contribution is 6.30. The van der Waals surface area contributed by atoms with Crippen LogP contribution in [0.4, 0.5) is 4.39 Å². The predicted octanol–water partition coefficient (Wildman–Crippen LogP) is 4.13. The number of hydrogen-bond acceptors (Lipinski definition) is 2. The van der Waals surface area contributed by atoms with E-state index in [-0.39, 0.29) is 16.9 Å². The first-order valence-corrected chi connectivity index (χ1v) is 7.96. The van der Waals surface area contributed by atoms with Gasteiger partial charge in [-0.2, -0.15) is 0 Å². The fourth-order valence-electron chi connectivity index (χ4n) is 3.26.